The van der Waals surface area contributed by atoms with Crippen LogP contribution in [-0.2, 0) is 0 Å². The van der Waals surface area contributed by atoms with Gasteiger partial charge in [-0.1, -0.05) is 34.5 Å². The second kappa shape index (κ2) is 7.03. The Hall–Kier alpha value is -2.47. The number of halogens is 2. The van der Waals surface area contributed by atoms with Crippen molar-refractivity contribution in [1.82, 2.24) is 9.97 Å². The van der Waals surface area contributed by atoms with Gasteiger partial charge in [-0.15, -0.1) is 0 Å². The fraction of sp³-hybridized carbons (Fsp3) is 0. The van der Waals surface area contributed by atoms with Gasteiger partial charge in [0.15, 0.2) is 0 Å². The molecular weight excluding hydrogens is 389 g/mol. The summed E-state index contributed by atoms with van der Waals surface area (Å²) in [5.41, 5.74) is 2.89. The predicted molar refractivity (Wildman–Crippen MR) is 107 cm³/mol. The van der Waals surface area contributed by atoms with Gasteiger partial charge in [0.2, 0.25) is 0 Å². The van der Waals surface area contributed by atoms with Crippen molar-refractivity contribution in [3.8, 4) is 10.6 Å². The molecule has 0 spiro atoms. The molecule has 1 N–H and O–H groups in total. The molecule has 0 atom stereocenters. The lowest BCUT2D eigenvalue weighted by Crippen LogP contribution is -2.12. The smallest absolute Gasteiger partial charge is 0.257 e. The van der Waals surface area contributed by atoms with E-state index in [2.05, 4.69) is 15.3 Å². The molecule has 7 heteroatoms. The summed E-state index contributed by atoms with van der Waals surface area (Å²) in [5, 5.41) is 4.52. The van der Waals surface area contributed by atoms with Crippen LogP contribution in [0, 0.1) is 0 Å². The van der Waals surface area contributed by atoms with Crippen LogP contribution in [-0.4, -0.2) is 15.9 Å². The Labute approximate surface area is 163 Å². The van der Waals surface area contributed by atoms with E-state index in [1.54, 1.807) is 24.4 Å². The number of rotatable bonds is 3. The number of amides is 1. The lowest BCUT2D eigenvalue weighted by atomic mass is 10.2. The zero-order valence-corrected chi connectivity index (χ0v) is 15.6. The minimum absolute atomic E-state index is 0.288. The molecule has 0 bridgehead atoms. The van der Waals surface area contributed by atoms with Gasteiger partial charge in [0, 0.05) is 22.5 Å². The zero-order chi connectivity index (χ0) is 18.1. The topological polar surface area (TPSA) is 54.9 Å². The van der Waals surface area contributed by atoms with Crippen LogP contribution in [0.2, 0.25) is 10.0 Å². The Morgan fingerprint density at radius 2 is 1.85 bits per heavy atom. The van der Waals surface area contributed by atoms with Crippen molar-refractivity contribution in [1.29, 1.82) is 0 Å². The van der Waals surface area contributed by atoms with Crippen LogP contribution in [0.1, 0.15) is 10.4 Å². The third-order valence-electron chi connectivity index (χ3n) is 3.73. The molecule has 26 heavy (non-hydrogen) atoms. The second-order valence-corrected chi connectivity index (χ2v) is 7.32. The Kier molecular flexibility index (Phi) is 4.59. The molecule has 0 fully saturated rings. The van der Waals surface area contributed by atoms with E-state index in [4.69, 9.17) is 23.2 Å². The van der Waals surface area contributed by atoms with E-state index in [0.29, 0.717) is 21.3 Å². The fourth-order valence-electron chi connectivity index (χ4n) is 2.46. The van der Waals surface area contributed by atoms with Crippen molar-refractivity contribution in [3.05, 3.63) is 76.4 Å². The first-order chi connectivity index (χ1) is 12.6. The lowest BCUT2D eigenvalue weighted by Gasteiger charge is -2.07. The summed E-state index contributed by atoms with van der Waals surface area (Å²) in [6, 6.07) is 16.1. The molecule has 0 aliphatic rings. The number of pyridine rings is 1. The van der Waals surface area contributed by atoms with Crippen LogP contribution in [0.3, 0.4) is 0 Å². The monoisotopic (exact) mass is 399 g/mol. The third kappa shape index (κ3) is 3.42. The highest BCUT2D eigenvalue weighted by Crippen LogP contribution is 2.29. The van der Waals surface area contributed by atoms with Crippen LogP contribution >= 0.6 is 34.5 Å². The molecular formula is C19H11Cl2N3OS. The Morgan fingerprint density at radius 1 is 1.04 bits per heavy atom. The Balaban J connectivity index is 1.55. The maximum atomic E-state index is 12.4. The van der Waals surface area contributed by atoms with Crippen molar-refractivity contribution in [3.63, 3.8) is 0 Å². The summed E-state index contributed by atoms with van der Waals surface area (Å²) in [5.74, 6) is -0.288. The van der Waals surface area contributed by atoms with Gasteiger partial charge in [-0.2, -0.15) is 0 Å². The molecule has 4 rings (SSSR count). The van der Waals surface area contributed by atoms with Crippen molar-refractivity contribution < 1.29 is 4.79 Å². The quantitative estimate of drug-likeness (QED) is 0.465. The summed E-state index contributed by atoms with van der Waals surface area (Å²) in [6.45, 7) is 0. The van der Waals surface area contributed by atoms with Crippen LogP contribution in [0.5, 0.6) is 0 Å². The van der Waals surface area contributed by atoms with Crippen molar-refractivity contribution >= 4 is 56.5 Å². The maximum absolute atomic E-state index is 12.4. The van der Waals surface area contributed by atoms with Crippen LogP contribution in [0.15, 0.2) is 60.8 Å². The molecule has 128 valence electrons. The Morgan fingerprint density at radius 3 is 2.58 bits per heavy atom. The summed E-state index contributed by atoms with van der Waals surface area (Å²) < 4.78 is 0. The molecule has 4 aromatic rings. The fourth-order valence-corrected chi connectivity index (χ4v) is 3.87. The molecule has 0 aliphatic carbocycles. The van der Waals surface area contributed by atoms with E-state index in [1.807, 2.05) is 36.4 Å². The van der Waals surface area contributed by atoms with Crippen LogP contribution in [0.25, 0.3) is 20.9 Å². The molecule has 2 heterocycles. The molecule has 0 aliphatic heterocycles. The number of fused-ring (bicyclic) bond motifs is 1. The zero-order valence-electron chi connectivity index (χ0n) is 13.2. The summed E-state index contributed by atoms with van der Waals surface area (Å²) >= 11 is 13.5. The highest BCUT2D eigenvalue weighted by molar-refractivity contribution is 7.21. The van der Waals surface area contributed by atoms with Gasteiger partial charge in [-0.05, 0) is 54.6 Å². The van der Waals surface area contributed by atoms with Crippen molar-refractivity contribution in [2.75, 3.05) is 5.32 Å². The summed E-state index contributed by atoms with van der Waals surface area (Å²) in [7, 11) is 0. The average molecular weight is 400 g/mol. The molecule has 0 radical (unpaired) electrons. The van der Waals surface area contributed by atoms with Crippen LogP contribution < -0.4 is 5.32 Å². The molecule has 0 saturated carbocycles. The van der Waals surface area contributed by atoms with Gasteiger partial charge >= 0.3 is 0 Å². The average Bonchev–Trinajstić information content (AvgIpc) is 3.06. The van der Waals surface area contributed by atoms with Crippen molar-refractivity contribution in [2.45, 2.75) is 0 Å². The third-order valence-corrected chi connectivity index (χ3v) is 5.31. The SMILES string of the molecule is O=C(Nc1ccc(-c2nc3cccnc3s2)cc1)c1ccc(Cl)cc1Cl. The van der Waals surface area contributed by atoms with Crippen LogP contribution in [0.4, 0.5) is 5.69 Å². The predicted octanol–water partition coefficient (Wildman–Crippen LogP) is 5.92. The number of anilines is 1. The van der Waals surface area contributed by atoms with E-state index in [0.717, 1.165) is 20.9 Å². The van der Waals surface area contributed by atoms with Gasteiger partial charge in [0.1, 0.15) is 15.4 Å². The first-order valence-corrected chi connectivity index (χ1v) is 9.26. The van der Waals surface area contributed by atoms with E-state index in [1.165, 1.54) is 11.3 Å². The Bertz CT molecular complexity index is 1080. The first kappa shape index (κ1) is 17.0. The molecule has 2 aromatic carbocycles. The van der Waals surface area contributed by atoms with E-state index in [-0.39, 0.29) is 5.91 Å². The van der Waals surface area contributed by atoms with Gasteiger partial charge in [-0.3, -0.25) is 4.79 Å². The van der Waals surface area contributed by atoms with Gasteiger partial charge in [-0.25, -0.2) is 9.97 Å². The van der Waals surface area contributed by atoms with E-state index < -0.39 is 0 Å². The number of thiazole rings is 1. The number of benzene rings is 2. The number of aromatic nitrogens is 2. The minimum atomic E-state index is -0.288. The molecule has 0 unspecified atom stereocenters. The number of nitrogens with zero attached hydrogens (tertiary/aromatic N) is 2. The molecule has 0 saturated heterocycles. The normalized spacial score (nSPS) is 10.8. The number of hydrogen-bond donors (Lipinski definition) is 1. The molecule has 4 nitrogen and oxygen atoms in total. The number of nitrogens with one attached hydrogen (secondary N) is 1. The van der Waals surface area contributed by atoms with Crippen molar-refractivity contribution in [2.24, 2.45) is 0 Å². The summed E-state index contributed by atoms with van der Waals surface area (Å²) in [4.78, 5) is 22.2. The first-order valence-electron chi connectivity index (χ1n) is 7.68. The maximum Gasteiger partial charge on any atom is 0.257 e. The van der Waals surface area contributed by atoms with E-state index >= 15 is 0 Å². The van der Waals surface area contributed by atoms with Gasteiger partial charge in [0.25, 0.3) is 5.91 Å². The van der Waals surface area contributed by atoms with Gasteiger partial charge < -0.3 is 5.32 Å². The largest absolute Gasteiger partial charge is 0.322 e. The standard InChI is InChI=1S/C19H11Cl2N3OS/c20-12-5-8-14(15(21)10-12)17(25)23-13-6-3-11(4-7-13)18-24-16-2-1-9-22-19(16)26-18/h1-10H,(H,23,25). The molecule has 1 amide bonds. The number of carbonyl (C=O) groups is 1. The highest BCUT2D eigenvalue weighted by Gasteiger charge is 2.12. The highest BCUT2D eigenvalue weighted by atomic mass is 35.5. The van der Waals surface area contributed by atoms with Gasteiger partial charge in [0.05, 0.1) is 10.6 Å². The molecule has 2 aromatic heterocycles. The number of hydrogen-bond acceptors (Lipinski definition) is 4. The number of carbonyl (C=O) groups excluding carboxylic acids is 1. The lowest BCUT2D eigenvalue weighted by molar-refractivity contribution is 0.102. The minimum Gasteiger partial charge on any atom is -0.322 e. The van der Waals surface area contributed by atoms with E-state index in [9.17, 15) is 4.79 Å². The summed E-state index contributed by atoms with van der Waals surface area (Å²) in [6.07, 6.45) is 1.75. The second-order valence-electron chi connectivity index (χ2n) is 5.50.